The van der Waals surface area contributed by atoms with E-state index < -0.39 is 10.8 Å². The minimum absolute atomic E-state index is 0. The van der Waals surface area contributed by atoms with E-state index in [1.807, 2.05) is 13.0 Å². The molecule has 26 heavy (non-hydrogen) atoms. The Morgan fingerprint density at radius 1 is 1.46 bits per heavy atom. The lowest BCUT2D eigenvalue weighted by atomic mass is 9.95. The van der Waals surface area contributed by atoms with E-state index in [9.17, 15) is 8.60 Å². The average molecular weight is 492 g/mol. The Labute approximate surface area is 174 Å². The predicted octanol–water partition coefficient (Wildman–Crippen LogP) is 3.06. The van der Waals surface area contributed by atoms with Crippen LogP contribution in [-0.4, -0.2) is 34.3 Å². The molecule has 0 radical (unpaired) electrons. The van der Waals surface area contributed by atoms with Crippen LogP contribution in [0.5, 0.6) is 0 Å². The van der Waals surface area contributed by atoms with Crippen LogP contribution in [0.25, 0.3) is 0 Å². The maximum Gasteiger partial charge on any atom is 0.191 e. The molecule has 1 aromatic carbocycles. The highest BCUT2D eigenvalue weighted by Gasteiger charge is 2.26. The standard InChI is InChI=1S/C18H25FN4OS.HI/c1-3-25(24)16-6-4-5-15(10-16)23-18(21-2)22-12-14-9-13(11-20)7-8-17(14)19;/h7-9,15-16H,3-6,10,12H2,1-2H3,(H2,21,22,23);1H. The molecule has 1 aromatic rings. The molecule has 0 aliphatic heterocycles. The van der Waals surface area contributed by atoms with Crippen LogP contribution in [0.1, 0.15) is 43.7 Å². The van der Waals surface area contributed by atoms with Gasteiger partial charge in [0.05, 0.1) is 11.6 Å². The zero-order valence-corrected chi connectivity index (χ0v) is 18.3. The average Bonchev–Trinajstić information content (AvgIpc) is 2.65. The summed E-state index contributed by atoms with van der Waals surface area (Å²) in [5.74, 6) is 0.937. The Bertz CT molecular complexity index is 692. The van der Waals surface area contributed by atoms with Crippen LogP contribution in [0.2, 0.25) is 0 Å². The van der Waals surface area contributed by atoms with Gasteiger partial charge in [-0.3, -0.25) is 9.20 Å². The molecule has 2 rings (SSSR count). The fraction of sp³-hybridized carbons (Fsp3) is 0.556. The number of hydrogen-bond acceptors (Lipinski definition) is 3. The summed E-state index contributed by atoms with van der Waals surface area (Å²) in [6.45, 7) is 2.20. The van der Waals surface area contributed by atoms with Crippen LogP contribution < -0.4 is 10.6 Å². The molecule has 2 N–H and O–H groups in total. The number of nitrogens with one attached hydrogen (secondary N) is 2. The summed E-state index contributed by atoms with van der Waals surface area (Å²) >= 11 is 0. The molecule has 3 atom stereocenters. The van der Waals surface area contributed by atoms with Crippen molar-refractivity contribution in [2.45, 2.75) is 50.4 Å². The van der Waals surface area contributed by atoms with Crippen LogP contribution in [0.4, 0.5) is 4.39 Å². The SMILES string of the molecule is CCS(=O)C1CCCC(NC(=NC)NCc2cc(C#N)ccc2F)C1.I. The van der Waals surface area contributed by atoms with E-state index in [2.05, 4.69) is 15.6 Å². The van der Waals surface area contributed by atoms with E-state index in [-0.39, 0.29) is 47.6 Å². The van der Waals surface area contributed by atoms with E-state index in [0.717, 1.165) is 25.7 Å². The number of nitrogens with zero attached hydrogens (tertiary/aromatic N) is 2. The molecule has 3 unspecified atom stereocenters. The Hall–Kier alpha value is -1.21. The van der Waals surface area contributed by atoms with Gasteiger partial charge < -0.3 is 10.6 Å². The number of aliphatic imine (C=N–C) groups is 1. The fourth-order valence-corrected chi connectivity index (χ4v) is 4.45. The highest BCUT2D eigenvalue weighted by molar-refractivity contribution is 14.0. The summed E-state index contributed by atoms with van der Waals surface area (Å²) < 4.78 is 25.9. The lowest BCUT2D eigenvalue weighted by molar-refractivity contribution is 0.413. The van der Waals surface area contributed by atoms with Gasteiger partial charge in [-0.25, -0.2) is 4.39 Å². The van der Waals surface area contributed by atoms with Gasteiger partial charge in [0.2, 0.25) is 0 Å². The molecular weight excluding hydrogens is 466 g/mol. The van der Waals surface area contributed by atoms with Gasteiger partial charge in [-0.2, -0.15) is 5.26 Å². The highest BCUT2D eigenvalue weighted by Crippen LogP contribution is 2.23. The molecule has 0 spiro atoms. The summed E-state index contributed by atoms with van der Waals surface area (Å²) in [4.78, 5) is 4.19. The van der Waals surface area contributed by atoms with Gasteiger partial charge in [-0.05, 0) is 37.5 Å². The number of benzene rings is 1. The normalized spacial score (nSPS) is 21.2. The lowest BCUT2D eigenvalue weighted by Gasteiger charge is -2.30. The van der Waals surface area contributed by atoms with Crippen molar-refractivity contribution in [2.75, 3.05) is 12.8 Å². The van der Waals surface area contributed by atoms with E-state index in [0.29, 0.717) is 22.8 Å². The summed E-state index contributed by atoms with van der Waals surface area (Å²) in [5.41, 5.74) is 0.855. The third-order valence-corrected chi connectivity index (χ3v) is 6.21. The van der Waals surface area contributed by atoms with Crippen LogP contribution in [-0.2, 0) is 17.3 Å². The number of halogens is 2. The van der Waals surface area contributed by atoms with Gasteiger partial charge in [0.15, 0.2) is 5.96 Å². The molecular formula is C18H26FIN4OS. The van der Waals surface area contributed by atoms with E-state index in [1.54, 1.807) is 7.05 Å². The first-order valence-electron chi connectivity index (χ1n) is 8.60. The monoisotopic (exact) mass is 492 g/mol. The Kier molecular flexibility index (Phi) is 10.1. The number of nitriles is 1. The van der Waals surface area contributed by atoms with Crippen LogP contribution in [0.3, 0.4) is 0 Å². The van der Waals surface area contributed by atoms with Crippen molar-refractivity contribution in [3.8, 4) is 6.07 Å². The summed E-state index contributed by atoms with van der Waals surface area (Å²) in [7, 11) is 0.897. The summed E-state index contributed by atoms with van der Waals surface area (Å²) in [6, 6.07) is 6.53. The van der Waals surface area contributed by atoms with Crippen molar-refractivity contribution >= 4 is 40.7 Å². The summed E-state index contributed by atoms with van der Waals surface area (Å²) in [5, 5.41) is 15.6. The van der Waals surface area contributed by atoms with Gasteiger partial charge in [0.25, 0.3) is 0 Å². The molecule has 0 aromatic heterocycles. The first-order valence-corrected chi connectivity index (χ1v) is 9.98. The minimum Gasteiger partial charge on any atom is -0.354 e. The van der Waals surface area contributed by atoms with E-state index >= 15 is 0 Å². The Balaban J connectivity index is 0.00000338. The molecule has 144 valence electrons. The van der Waals surface area contributed by atoms with Gasteiger partial charge in [0, 0.05) is 47.0 Å². The number of guanidine groups is 1. The molecule has 0 bridgehead atoms. The molecule has 0 amide bonds. The third kappa shape index (κ3) is 6.50. The lowest BCUT2D eigenvalue weighted by Crippen LogP contribution is -2.46. The maximum atomic E-state index is 13.9. The van der Waals surface area contributed by atoms with Crippen LogP contribution in [0.15, 0.2) is 23.2 Å². The molecule has 8 heteroatoms. The second kappa shape index (κ2) is 11.5. The Morgan fingerprint density at radius 2 is 2.23 bits per heavy atom. The van der Waals surface area contributed by atoms with E-state index in [1.165, 1.54) is 18.2 Å². The second-order valence-corrected chi connectivity index (χ2v) is 8.15. The molecule has 0 saturated heterocycles. The van der Waals surface area contributed by atoms with Crippen molar-refractivity contribution in [3.63, 3.8) is 0 Å². The van der Waals surface area contributed by atoms with Gasteiger partial charge >= 0.3 is 0 Å². The van der Waals surface area contributed by atoms with Gasteiger partial charge in [0.1, 0.15) is 5.82 Å². The van der Waals surface area contributed by atoms with Crippen LogP contribution >= 0.6 is 24.0 Å². The smallest absolute Gasteiger partial charge is 0.191 e. The minimum atomic E-state index is -0.772. The topological polar surface area (TPSA) is 77.3 Å². The third-order valence-electron chi connectivity index (χ3n) is 4.47. The van der Waals surface area contributed by atoms with Crippen molar-refractivity contribution in [1.82, 2.24) is 10.6 Å². The van der Waals surface area contributed by atoms with Crippen molar-refractivity contribution in [3.05, 3.63) is 35.1 Å². The first kappa shape index (κ1) is 22.8. The molecule has 1 fully saturated rings. The maximum absolute atomic E-state index is 13.9. The molecule has 1 saturated carbocycles. The zero-order valence-electron chi connectivity index (χ0n) is 15.1. The largest absolute Gasteiger partial charge is 0.354 e. The van der Waals surface area contributed by atoms with Crippen molar-refractivity contribution in [1.29, 1.82) is 5.26 Å². The van der Waals surface area contributed by atoms with Crippen LogP contribution in [0, 0.1) is 17.1 Å². The zero-order chi connectivity index (χ0) is 18.2. The summed E-state index contributed by atoms with van der Waals surface area (Å²) in [6.07, 6.45) is 3.93. The molecule has 0 heterocycles. The predicted molar refractivity (Wildman–Crippen MR) is 115 cm³/mol. The number of rotatable bonds is 5. The first-order chi connectivity index (χ1) is 12.1. The molecule has 1 aliphatic rings. The quantitative estimate of drug-likeness (QED) is 0.377. The second-order valence-electron chi connectivity index (χ2n) is 6.14. The van der Waals surface area contributed by atoms with Gasteiger partial charge in [-0.15, -0.1) is 24.0 Å². The fourth-order valence-electron chi connectivity index (χ4n) is 3.10. The van der Waals surface area contributed by atoms with Gasteiger partial charge in [-0.1, -0.05) is 13.3 Å². The van der Waals surface area contributed by atoms with Crippen molar-refractivity contribution < 1.29 is 8.60 Å². The molecule has 5 nitrogen and oxygen atoms in total. The highest BCUT2D eigenvalue weighted by atomic mass is 127. The molecule has 1 aliphatic carbocycles. The number of hydrogen-bond donors (Lipinski definition) is 2. The van der Waals surface area contributed by atoms with E-state index in [4.69, 9.17) is 5.26 Å². The Morgan fingerprint density at radius 3 is 2.88 bits per heavy atom. The van der Waals surface area contributed by atoms with Crippen molar-refractivity contribution in [2.24, 2.45) is 4.99 Å².